The third kappa shape index (κ3) is 12.4. The van der Waals surface area contributed by atoms with Crippen molar-refractivity contribution in [2.45, 2.75) is 96.2 Å². The molecule has 2 amide bonds. The topological polar surface area (TPSA) is 140 Å². The third-order valence-electron chi connectivity index (χ3n) is 7.93. The fourth-order valence-electron chi connectivity index (χ4n) is 5.52. The summed E-state index contributed by atoms with van der Waals surface area (Å²) in [4.78, 5) is 38.6. The fraction of sp³-hybridized carbons (Fsp3) is 0.462. The molecule has 12 heteroatoms. The van der Waals surface area contributed by atoms with E-state index in [4.69, 9.17) is 33.2 Å². The lowest BCUT2D eigenvalue weighted by molar-refractivity contribution is -0.293. The van der Waals surface area contributed by atoms with Gasteiger partial charge in [-0.3, -0.25) is 4.79 Å². The Balaban J connectivity index is 1.66. The predicted octanol–water partition coefficient (Wildman–Crippen LogP) is 5.08. The van der Waals surface area contributed by atoms with Gasteiger partial charge >= 0.3 is 12.1 Å². The van der Waals surface area contributed by atoms with Gasteiger partial charge < -0.3 is 43.8 Å². The van der Waals surface area contributed by atoms with E-state index < -0.39 is 60.5 Å². The summed E-state index contributed by atoms with van der Waals surface area (Å²) in [7, 11) is 1.21. The molecule has 0 aliphatic carbocycles. The molecule has 1 aliphatic heterocycles. The minimum absolute atomic E-state index is 0.0800. The van der Waals surface area contributed by atoms with E-state index in [2.05, 4.69) is 10.6 Å². The maximum absolute atomic E-state index is 13.1. The van der Waals surface area contributed by atoms with Crippen molar-refractivity contribution in [1.82, 2.24) is 10.6 Å². The Labute approximate surface area is 300 Å². The van der Waals surface area contributed by atoms with Gasteiger partial charge in [0.15, 0.2) is 11.8 Å². The van der Waals surface area contributed by atoms with E-state index in [9.17, 15) is 14.4 Å². The predicted molar refractivity (Wildman–Crippen MR) is 188 cm³/mol. The molecule has 0 spiro atoms. The van der Waals surface area contributed by atoms with E-state index in [0.29, 0.717) is 6.61 Å². The first-order chi connectivity index (χ1) is 24.4. The van der Waals surface area contributed by atoms with Crippen molar-refractivity contribution >= 4 is 18.0 Å². The highest BCUT2D eigenvalue weighted by Crippen LogP contribution is 2.30. The molecule has 1 saturated heterocycles. The first kappa shape index (κ1) is 39.5. The molecule has 0 unspecified atom stereocenters. The lowest BCUT2D eigenvalue weighted by Gasteiger charge is -2.46. The SMILES string of the molecule is COC(=O)[C@](C)(CO[C@H]1O[C@H](COCc2ccccc2)[C@H](OCc2ccccc2)[C@H](OCc2ccccc2)[C@H]1NC(C)=O)NC(=O)OC(C)(C)C. The first-order valence-corrected chi connectivity index (χ1v) is 16.9. The highest BCUT2D eigenvalue weighted by Gasteiger charge is 2.50. The summed E-state index contributed by atoms with van der Waals surface area (Å²) in [5.74, 6) is -1.14. The van der Waals surface area contributed by atoms with E-state index >= 15 is 0 Å². The Morgan fingerprint density at radius 1 is 0.725 bits per heavy atom. The van der Waals surface area contributed by atoms with Crippen molar-refractivity contribution in [3.05, 3.63) is 108 Å². The third-order valence-corrected chi connectivity index (χ3v) is 7.93. The number of hydrogen-bond acceptors (Lipinski definition) is 10. The quantitative estimate of drug-likeness (QED) is 0.194. The zero-order valence-corrected chi connectivity index (χ0v) is 30.2. The summed E-state index contributed by atoms with van der Waals surface area (Å²) < 4.78 is 42.6. The summed E-state index contributed by atoms with van der Waals surface area (Å²) in [5.41, 5.74) is 0.289. The molecule has 0 saturated carbocycles. The highest BCUT2D eigenvalue weighted by molar-refractivity contribution is 5.85. The molecular formula is C39H50N2O10. The Morgan fingerprint density at radius 2 is 1.24 bits per heavy atom. The highest BCUT2D eigenvalue weighted by atomic mass is 16.7. The zero-order chi connectivity index (χ0) is 36.9. The summed E-state index contributed by atoms with van der Waals surface area (Å²) in [6.07, 6.45) is -4.33. The number of amides is 2. The van der Waals surface area contributed by atoms with Crippen LogP contribution in [0.1, 0.15) is 51.3 Å². The Hall–Kier alpha value is -4.33. The molecule has 0 radical (unpaired) electrons. The molecule has 3 aromatic rings. The van der Waals surface area contributed by atoms with Crippen LogP contribution < -0.4 is 10.6 Å². The number of ether oxygens (including phenoxy) is 7. The van der Waals surface area contributed by atoms with Gasteiger partial charge in [-0.05, 0) is 44.4 Å². The van der Waals surface area contributed by atoms with Crippen molar-refractivity contribution < 1.29 is 47.5 Å². The molecule has 1 aliphatic rings. The van der Waals surface area contributed by atoms with Gasteiger partial charge in [0.2, 0.25) is 5.91 Å². The van der Waals surface area contributed by atoms with Gasteiger partial charge in [-0.1, -0.05) is 91.0 Å². The van der Waals surface area contributed by atoms with Crippen LogP contribution in [-0.2, 0) is 62.6 Å². The van der Waals surface area contributed by atoms with E-state index in [1.807, 2.05) is 91.0 Å². The summed E-state index contributed by atoms with van der Waals surface area (Å²) >= 11 is 0. The molecule has 276 valence electrons. The van der Waals surface area contributed by atoms with Gasteiger partial charge in [-0.2, -0.15) is 0 Å². The van der Waals surface area contributed by atoms with Crippen molar-refractivity contribution in [3.63, 3.8) is 0 Å². The minimum atomic E-state index is -1.69. The Kier molecular flexibility index (Phi) is 14.5. The molecule has 0 aromatic heterocycles. The molecule has 1 heterocycles. The average molecular weight is 707 g/mol. The molecule has 4 rings (SSSR count). The second-order valence-electron chi connectivity index (χ2n) is 13.6. The van der Waals surface area contributed by atoms with Gasteiger partial charge in [0.1, 0.15) is 30.0 Å². The second kappa shape index (κ2) is 18.8. The van der Waals surface area contributed by atoms with E-state index in [1.165, 1.54) is 21.0 Å². The van der Waals surface area contributed by atoms with Crippen molar-refractivity contribution in [1.29, 1.82) is 0 Å². The maximum atomic E-state index is 13.1. The molecule has 2 N–H and O–H groups in total. The fourth-order valence-corrected chi connectivity index (χ4v) is 5.52. The van der Waals surface area contributed by atoms with Crippen molar-refractivity contribution in [3.8, 4) is 0 Å². The number of methoxy groups -OCH3 is 1. The normalized spacial score (nSPS) is 21.6. The molecule has 12 nitrogen and oxygen atoms in total. The Bertz CT molecular complexity index is 1520. The van der Waals surface area contributed by atoms with Gasteiger partial charge in [-0.25, -0.2) is 9.59 Å². The molecule has 1 fully saturated rings. The number of alkyl carbamates (subject to hydrolysis) is 1. The molecular weight excluding hydrogens is 656 g/mol. The van der Waals surface area contributed by atoms with Crippen LogP contribution in [0.4, 0.5) is 4.79 Å². The average Bonchev–Trinajstić information content (AvgIpc) is 3.10. The summed E-state index contributed by atoms with van der Waals surface area (Å²) in [6, 6.07) is 28.1. The van der Waals surface area contributed by atoms with Gasteiger partial charge in [0.05, 0.1) is 40.1 Å². The van der Waals surface area contributed by atoms with E-state index in [1.54, 1.807) is 20.8 Å². The van der Waals surface area contributed by atoms with Crippen LogP contribution in [0.2, 0.25) is 0 Å². The summed E-state index contributed by atoms with van der Waals surface area (Å²) in [6.45, 7) is 8.36. The Morgan fingerprint density at radius 3 is 1.73 bits per heavy atom. The molecule has 3 aromatic carbocycles. The van der Waals surface area contributed by atoms with Crippen LogP contribution in [-0.4, -0.2) is 80.1 Å². The van der Waals surface area contributed by atoms with Gasteiger partial charge in [-0.15, -0.1) is 0 Å². The largest absolute Gasteiger partial charge is 0.467 e. The number of benzene rings is 3. The molecule has 51 heavy (non-hydrogen) atoms. The van der Waals surface area contributed by atoms with Crippen molar-refractivity contribution in [2.75, 3.05) is 20.3 Å². The summed E-state index contributed by atoms with van der Waals surface area (Å²) in [5, 5.41) is 5.52. The maximum Gasteiger partial charge on any atom is 0.408 e. The van der Waals surface area contributed by atoms with Crippen LogP contribution in [0, 0.1) is 0 Å². The van der Waals surface area contributed by atoms with Crippen LogP contribution in [0.5, 0.6) is 0 Å². The van der Waals surface area contributed by atoms with E-state index in [0.717, 1.165) is 16.7 Å². The first-order valence-electron chi connectivity index (χ1n) is 16.9. The number of carbonyl (C=O) groups is 3. The molecule has 0 bridgehead atoms. The lowest BCUT2D eigenvalue weighted by atomic mass is 9.95. The zero-order valence-electron chi connectivity index (χ0n) is 30.2. The lowest BCUT2D eigenvalue weighted by Crippen LogP contribution is -2.67. The number of hydrogen-bond donors (Lipinski definition) is 2. The monoisotopic (exact) mass is 706 g/mol. The number of nitrogens with one attached hydrogen (secondary N) is 2. The van der Waals surface area contributed by atoms with Crippen LogP contribution in [0.3, 0.4) is 0 Å². The minimum Gasteiger partial charge on any atom is -0.467 e. The second-order valence-corrected chi connectivity index (χ2v) is 13.6. The van der Waals surface area contributed by atoms with E-state index in [-0.39, 0.29) is 25.7 Å². The van der Waals surface area contributed by atoms with Crippen molar-refractivity contribution in [2.24, 2.45) is 0 Å². The standard InChI is InChI=1S/C39H50N2O10/c1-27(42)40-32-34(48-24-30-20-14-9-15-21-30)33(47-23-29-18-12-8-13-19-29)31(25-46-22-28-16-10-7-11-17-28)50-35(32)49-26-39(5,36(43)45-6)41-37(44)51-38(2,3)4/h7-21,31-35H,22-26H2,1-6H3,(H,40,42)(H,41,44)/t31-,32-,33+,34-,35+,39+/m1/s1. The van der Waals surface area contributed by atoms with Crippen LogP contribution in [0.15, 0.2) is 91.0 Å². The van der Waals surface area contributed by atoms with Crippen LogP contribution in [0.25, 0.3) is 0 Å². The van der Waals surface area contributed by atoms with Gasteiger partial charge in [0, 0.05) is 6.92 Å². The molecule has 6 atom stereocenters. The number of esters is 1. The van der Waals surface area contributed by atoms with Crippen LogP contribution >= 0.6 is 0 Å². The number of rotatable bonds is 16. The number of carbonyl (C=O) groups excluding carboxylic acids is 3. The smallest absolute Gasteiger partial charge is 0.408 e. The van der Waals surface area contributed by atoms with Gasteiger partial charge in [0.25, 0.3) is 0 Å².